The Morgan fingerprint density at radius 3 is 2.92 bits per heavy atom. The van der Waals surface area contributed by atoms with E-state index in [1.165, 1.54) is 12.8 Å². The second-order valence-electron chi connectivity index (χ2n) is 4.88. The molecule has 0 aromatic rings. The number of allylic oxidation sites excluding steroid dienone is 4. The number of hydrogen-bond acceptors (Lipinski definition) is 0. The van der Waals surface area contributed by atoms with Crippen molar-refractivity contribution in [1.82, 2.24) is 0 Å². The van der Waals surface area contributed by atoms with Crippen molar-refractivity contribution in [1.29, 1.82) is 0 Å². The zero-order valence-corrected chi connectivity index (χ0v) is 7.88. The summed E-state index contributed by atoms with van der Waals surface area (Å²) in [6.07, 6.45) is 7.94. The minimum Gasteiger partial charge on any atom is -0.0819 e. The molecule has 0 N–H and O–H groups in total. The van der Waals surface area contributed by atoms with Gasteiger partial charge in [-0.2, -0.15) is 0 Å². The van der Waals surface area contributed by atoms with Crippen LogP contribution in [0.2, 0.25) is 0 Å². The Kier molecular flexibility index (Phi) is 1.18. The lowest BCUT2D eigenvalue weighted by Gasteiger charge is -2.22. The summed E-state index contributed by atoms with van der Waals surface area (Å²) < 4.78 is 0. The molecular weight excluding hydrogens is 144 g/mol. The Morgan fingerprint density at radius 1 is 1.25 bits per heavy atom. The quantitative estimate of drug-likeness (QED) is 0.477. The van der Waals surface area contributed by atoms with Gasteiger partial charge in [0.2, 0.25) is 0 Å². The summed E-state index contributed by atoms with van der Waals surface area (Å²) in [6, 6.07) is 0. The van der Waals surface area contributed by atoms with Crippen LogP contribution in [0.5, 0.6) is 0 Å². The topological polar surface area (TPSA) is 0 Å². The molecule has 3 rings (SSSR count). The van der Waals surface area contributed by atoms with Crippen molar-refractivity contribution < 1.29 is 0 Å². The molecule has 3 aliphatic carbocycles. The highest BCUT2D eigenvalue weighted by Gasteiger charge is 2.47. The minimum atomic E-state index is 0.928. The molecule has 1 fully saturated rings. The Morgan fingerprint density at radius 2 is 2.08 bits per heavy atom. The van der Waals surface area contributed by atoms with Crippen molar-refractivity contribution in [2.45, 2.75) is 26.7 Å². The maximum atomic E-state index is 2.55. The van der Waals surface area contributed by atoms with E-state index in [9.17, 15) is 0 Å². The highest BCUT2D eigenvalue weighted by Crippen LogP contribution is 2.56. The molecule has 12 heavy (non-hydrogen) atoms. The van der Waals surface area contributed by atoms with Crippen LogP contribution in [0.25, 0.3) is 0 Å². The molecule has 0 heteroatoms. The highest BCUT2D eigenvalue weighted by atomic mass is 14.5. The first-order chi connectivity index (χ1) is 5.75. The summed E-state index contributed by atoms with van der Waals surface area (Å²) in [7, 11) is 0. The van der Waals surface area contributed by atoms with Gasteiger partial charge in [0.25, 0.3) is 0 Å². The van der Waals surface area contributed by atoms with Gasteiger partial charge < -0.3 is 0 Å². The monoisotopic (exact) mass is 160 g/mol. The van der Waals surface area contributed by atoms with Crippen LogP contribution in [0.1, 0.15) is 26.7 Å². The van der Waals surface area contributed by atoms with Crippen LogP contribution in [0.3, 0.4) is 0 Å². The smallest absolute Gasteiger partial charge is 0.0128 e. The van der Waals surface area contributed by atoms with E-state index >= 15 is 0 Å². The lowest BCUT2D eigenvalue weighted by atomic mass is 9.82. The lowest BCUT2D eigenvalue weighted by molar-refractivity contribution is 0.386. The molecule has 3 aliphatic rings. The fourth-order valence-electron chi connectivity index (χ4n) is 3.65. The summed E-state index contributed by atoms with van der Waals surface area (Å²) in [5, 5.41) is 0. The summed E-state index contributed by atoms with van der Waals surface area (Å²) in [5.74, 6) is 3.80. The maximum Gasteiger partial charge on any atom is -0.0128 e. The summed E-state index contributed by atoms with van der Waals surface area (Å²) >= 11 is 0. The third kappa shape index (κ3) is 0.688. The van der Waals surface area contributed by atoms with Gasteiger partial charge in [-0.1, -0.05) is 23.3 Å². The average Bonchev–Trinajstić information content (AvgIpc) is 2.57. The third-order valence-corrected chi connectivity index (χ3v) is 4.13. The van der Waals surface area contributed by atoms with E-state index < -0.39 is 0 Å². The average molecular weight is 160 g/mol. The number of hydrogen-bond donors (Lipinski definition) is 0. The Bertz CT molecular complexity index is 282. The van der Waals surface area contributed by atoms with E-state index in [1.54, 1.807) is 11.1 Å². The van der Waals surface area contributed by atoms with E-state index in [1.807, 2.05) is 0 Å². The molecule has 0 saturated heterocycles. The van der Waals surface area contributed by atoms with Gasteiger partial charge in [0, 0.05) is 0 Å². The third-order valence-electron chi connectivity index (χ3n) is 4.13. The summed E-state index contributed by atoms with van der Waals surface area (Å²) in [5.41, 5.74) is 3.31. The van der Waals surface area contributed by atoms with Crippen molar-refractivity contribution in [2.24, 2.45) is 23.7 Å². The van der Waals surface area contributed by atoms with Crippen LogP contribution in [0, 0.1) is 23.7 Å². The molecule has 0 aromatic heterocycles. The summed E-state index contributed by atoms with van der Waals surface area (Å²) in [4.78, 5) is 0. The Labute approximate surface area is 74.4 Å². The standard InChI is InChI=1S/C12H16/c1-7-3-11-9-5-8(2)10(6-9)12(11)4-7/h4-5,9-12H,3,6H2,1-2H3/t9-,10-,11+,12+/m1/s1. The van der Waals surface area contributed by atoms with Gasteiger partial charge in [-0.15, -0.1) is 0 Å². The molecule has 4 atom stereocenters. The largest absolute Gasteiger partial charge is 0.0819 e. The summed E-state index contributed by atoms with van der Waals surface area (Å²) in [6.45, 7) is 4.62. The van der Waals surface area contributed by atoms with Crippen LogP contribution in [0.15, 0.2) is 23.3 Å². The van der Waals surface area contributed by atoms with Crippen LogP contribution in [-0.2, 0) is 0 Å². The SMILES string of the molecule is CC1=C[C@@H]2[C@@H](C1)[C@@H]1C=C(C)[C@H]2C1. The maximum absolute atomic E-state index is 2.55. The van der Waals surface area contributed by atoms with Gasteiger partial charge in [-0.3, -0.25) is 0 Å². The van der Waals surface area contributed by atoms with Crippen LogP contribution < -0.4 is 0 Å². The first-order valence-corrected chi connectivity index (χ1v) is 5.11. The molecule has 2 bridgehead atoms. The van der Waals surface area contributed by atoms with Gasteiger partial charge in [0.05, 0.1) is 0 Å². The number of rotatable bonds is 0. The molecule has 0 nitrogen and oxygen atoms in total. The first kappa shape index (κ1) is 6.94. The molecular formula is C12H16. The van der Waals surface area contributed by atoms with Gasteiger partial charge in [0.1, 0.15) is 0 Å². The van der Waals surface area contributed by atoms with Crippen LogP contribution in [-0.4, -0.2) is 0 Å². The van der Waals surface area contributed by atoms with Crippen molar-refractivity contribution >= 4 is 0 Å². The van der Waals surface area contributed by atoms with Gasteiger partial charge in [-0.25, -0.2) is 0 Å². The molecule has 0 radical (unpaired) electrons. The molecule has 64 valence electrons. The molecule has 0 amide bonds. The van der Waals surface area contributed by atoms with Gasteiger partial charge in [0.15, 0.2) is 0 Å². The zero-order chi connectivity index (χ0) is 8.29. The Balaban J connectivity index is 2.00. The fourth-order valence-corrected chi connectivity index (χ4v) is 3.65. The second kappa shape index (κ2) is 2.04. The lowest BCUT2D eigenvalue weighted by Crippen LogP contribution is -2.15. The van der Waals surface area contributed by atoms with E-state index in [-0.39, 0.29) is 0 Å². The molecule has 0 unspecified atom stereocenters. The predicted molar refractivity (Wildman–Crippen MR) is 50.7 cm³/mol. The van der Waals surface area contributed by atoms with Crippen molar-refractivity contribution in [3.63, 3.8) is 0 Å². The van der Waals surface area contributed by atoms with Gasteiger partial charge >= 0.3 is 0 Å². The van der Waals surface area contributed by atoms with E-state index in [2.05, 4.69) is 26.0 Å². The van der Waals surface area contributed by atoms with Crippen molar-refractivity contribution in [3.8, 4) is 0 Å². The first-order valence-electron chi connectivity index (χ1n) is 5.11. The Hall–Kier alpha value is -0.520. The highest BCUT2D eigenvalue weighted by molar-refractivity contribution is 5.29. The predicted octanol–water partition coefficient (Wildman–Crippen LogP) is 3.16. The molecule has 0 heterocycles. The molecule has 1 saturated carbocycles. The van der Waals surface area contributed by atoms with E-state index in [0.717, 1.165) is 23.7 Å². The van der Waals surface area contributed by atoms with E-state index in [4.69, 9.17) is 0 Å². The molecule has 0 aliphatic heterocycles. The van der Waals surface area contributed by atoms with Gasteiger partial charge in [-0.05, 0) is 50.4 Å². The molecule has 0 aromatic carbocycles. The molecule has 0 spiro atoms. The van der Waals surface area contributed by atoms with Crippen molar-refractivity contribution in [2.75, 3.05) is 0 Å². The van der Waals surface area contributed by atoms with Crippen molar-refractivity contribution in [3.05, 3.63) is 23.3 Å². The van der Waals surface area contributed by atoms with Crippen LogP contribution in [0.4, 0.5) is 0 Å². The minimum absolute atomic E-state index is 0.928. The fraction of sp³-hybridized carbons (Fsp3) is 0.667. The normalized spacial score (nSPS) is 49.2. The second-order valence-corrected chi connectivity index (χ2v) is 4.88. The zero-order valence-electron chi connectivity index (χ0n) is 7.88. The van der Waals surface area contributed by atoms with E-state index in [0.29, 0.717) is 0 Å². The number of fused-ring (bicyclic) bond motifs is 5. The van der Waals surface area contributed by atoms with Crippen LogP contribution >= 0.6 is 0 Å².